The van der Waals surface area contributed by atoms with Gasteiger partial charge in [-0.2, -0.15) is 0 Å². The van der Waals surface area contributed by atoms with E-state index in [9.17, 15) is 0 Å². The van der Waals surface area contributed by atoms with Crippen LogP contribution in [0.5, 0.6) is 0 Å². The molecule has 19 heavy (non-hydrogen) atoms. The molecule has 0 aromatic heterocycles. The van der Waals surface area contributed by atoms with Gasteiger partial charge in [0.2, 0.25) is 0 Å². The highest BCUT2D eigenvalue weighted by Gasteiger charge is 2.10. The van der Waals surface area contributed by atoms with E-state index >= 15 is 0 Å². The average Bonchev–Trinajstić information content (AvgIpc) is 2.35. The lowest BCUT2D eigenvalue weighted by molar-refractivity contribution is 0.819. The maximum absolute atomic E-state index is 6.39. The van der Waals surface area contributed by atoms with E-state index in [0.29, 0.717) is 0 Å². The molecule has 0 aliphatic heterocycles. The van der Waals surface area contributed by atoms with E-state index in [1.165, 1.54) is 11.1 Å². The number of hydrogen-bond donors (Lipinski definition) is 1. The zero-order valence-electron chi connectivity index (χ0n) is 11.3. The molecule has 0 amide bonds. The minimum Gasteiger partial charge on any atom is -0.316 e. The molecule has 100 valence electrons. The molecule has 0 aliphatic carbocycles. The van der Waals surface area contributed by atoms with Gasteiger partial charge in [0.25, 0.3) is 0 Å². The van der Waals surface area contributed by atoms with Crippen LogP contribution in [0.1, 0.15) is 16.7 Å². The standard InChI is InChI=1S/C16H17Cl2N/c1-10-6-15(16(18)7-11(10)2)14-5-4-13(17)8-12(14)9-19-3/h4-8,19H,9H2,1-3H3. The monoisotopic (exact) mass is 293 g/mol. The summed E-state index contributed by atoms with van der Waals surface area (Å²) < 4.78 is 0. The molecule has 0 fully saturated rings. The van der Waals surface area contributed by atoms with Gasteiger partial charge in [0.1, 0.15) is 0 Å². The second-order valence-electron chi connectivity index (χ2n) is 4.75. The van der Waals surface area contributed by atoms with Gasteiger partial charge in [0, 0.05) is 22.2 Å². The molecule has 0 spiro atoms. The van der Waals surface area contributed by atoms with Crippen molar-refractivity contribution in [3.63, 3.8) is 0 Å². The minimum absolute atomic E-state index is 0.744. The van der Waals surface area contributed by atoms with Gasteiger partial charge in [-0.3, -0.25) is 0 Å². The largest absolute Gasteiger partial charge is 0.316 e. The highest BCUT2D eigenvalue weighted by molar-refractivity contribution is 6.33. The van der Waals surface area contributed by atoms with Crippen LogP contribution in [0.15, 0.2) is 30.3 Å². The van der Waals surface area contributed by atoms with Crippen LogP contribution >= 0.6 is 23.2 Å². The van der Waals surface area contributed by atoms with E-state index < -0.39 is 0 Å². The van der Waals surface area contributed by atoms with Gasteiger partial charge in [-0.25, -0.2) is 0 Å². The van der Waals surface area contributed by atoms with Crippen LogP contribution in [-0.2, 0) is 6.54 Å². The van der Waals surface area contributed by atoms with Gasteiger partial charge >= 0.3 is 0 Å². The summed E-state index contributed by atoms with van der Waals surface area (Å²) in [6.07, 6.45) is 0. The Morgan fingerprint density at radius 3 is 2.32 bits per heavy atom. The van der Waals surface area contributed by atoms with Crippen LogP contribution in [0.25, 0.3) is 11.1 Å². The van der Waals surface area contributed by atoms with Crippen molar-refractivity contribution >= 4 is 23.2 Å². The Morgan fingerprint density at radius 1 is 0.947 bits per heavy atom. The normalized spacial score (nSPS) is 10.8. The summed E-state index contributed by atoms with van der Waals surface area (Å²) in [5, 5.41) is 4.69. The van der Waals surface area contributed by atoms with Crippen molar-refractivity contribution in [2.75, 3.05) is 7.05 Å². The van der Waals surface area contributed by atoms with Crippen LogP contribution < -0.4 is 5.32 Å². The Morgan fingerprint density at radius 2 is 1.63 bits per heavy atom. The molecule has 1 nitrogen and oxygen atoms in total. The average molecular weight is 294 g/mol. The highest BCUT2D eigenvalue weighted by atomic mass is 35.5. The summed E-state index contributed by atoms with van der Waals surface area (Å²) in [6.45, 7) is 4.93. The highest BCUT2D eigenvalue weighted by Crippen LogP contribution is 2.34. The van der Waals surface area contributed by atoms with E-state index in [1.807, 2.05) is 31.3 Å². The van der Waals surface area contributed by atoms with Gasteiger partial charge in [0.15, 0.2) is 0 Å². The molecule has 0 bridgehead atoms. The predicted molar refractivity (Wildman–Crippen MR) is 84.1 cm³/mol. The van der Waals surface area contributed by atoms with E-state index in [4.69, 9.17) is 23.2 Å². The Kier molecular flexibility index (Phi) is 4.51. The molecule has 0 unspecified atom stereocenters. The van der Waals surface area contributed by atoms with Crippen molar-refractivity contribution in [3.05, 3.63) is 57.1 Å². The first-order valence-electron chi connectivity index (χ1n) is 6.23. The van der Waals surface area contributed by atoms with Gasteiger partial charge in [-0.05, 0) is 67.4 Å². The molecule has 3 heteroatoms. The van der Waals surface area contributed by atoms with E-state index in [0.717, 1.165) is 33.3 Å². The van der Waals surface area contributed by atoms with E-state index in [2.05, 4.69) is 25.2 Å². The molecule has 0 aliphatic rings. The molecule has 0 heterocycles. The predicted octanol–water partition coefficient (Wildman–Crippen LogP) is 5.00. The van der Waals surface area contributed by atoms with Gasteiger partial charge < -0.3 is 5.32 Å². The van der Waals surface area contributed by atoms with Crippen LogP contribution in [0.4, 0.5) is 0 Å². The van der Waals surface area contributed by atoms with Crippen molar-refractivity contribution in [2.24, 2.45) is 0 Å². The van der Waals surface area contributed by atoms with Crippen molar-refractivity contribution < 1.29 is 0 Å². The van der Waals surface area contributed by atoms with Gasteiger partial charge in [-0.1, -0.05) is 29.3 Å². The maximum atomic E-state index is 6.39. The number of nitrogens with one attached hydrogen (secondary N) is 1. The van der Waals surface area contributed by atoms with Crippen molar-refractivity contribution in [1.82, 2.24) is 5.32 Å². The SMILES string of the molecule is CNCc1cc(Cl)ccc1-c1cc(C)c(C)cc1Cl. The summed E-state index contributed by atoms with van der Waals surface area (Å²) in [7, 11) is 1.92. The number of aryl methyl sites for hydroxylation is 2. The van der Waals surface area contributed by atoms with Gasteiger partial charge in [-0.15, -0.1) is 0 Å². The molecule has 0 saturated carbocycles. The lowest BCUT2D eigenvalue weighted by Gasteiger charge is -2.13. The summed E-state index contributed by atoms with van der Waals surface area (Å²) in [5.74, 6) is 0. The maximum Gasteiger partial charge on any atom is 0.0487 e. The van der Waals surface area contributed by atoms with Crippen molar-refractivity contribution in [1.29, 1.82) is 0 Å². The first-order chi connectivity index (χ1) is 9.02. The van der Waals surface area contributed by atoms with Crippen LogP contribution in [0.3, 0.4) is 0 Å². The van der Waals surface area contributed by atoms with Crippen molar-refractivity contribution in [3.8, 4) is 11.1 Å². The van der Waals surface area contributed by atoms with Crippen LogP contribution in [0.2, 0.25) is 10.0 Å². The molecular weight excluding hydrogens is 277 g/mol. The van der Waals surface area contributed by atoms with Gasteiger partial charge in [0.05, 0.1) is 0 Å². The molecule has 0 atom stereocenters. The fourth-order valence-electron chi connectivity index (χ4n) is 2.15. The lowest BCUT2D eigenvalue weighted by Crippen LogP contribution is -2.06. The molecule has 2 rings (SSSR count). The molecule has 2 aromatic carbocycles. The number of rotatable bonds is 3. The molecular formula is C16H17Cl2N. The zero-order chi connectivity index (χ0) is 14.0. The Labute approximate surface area is 124 Å². The third-order valence-electron chi connectivity index (χ3n) is 3.31. The molecule has 2 aromatic rings. The van der Waals surface area contributed by atoms with E-state index in [1.54, 1.807) is 0 Å². The molecule has 1 N–H and O–H groups in total. The number of benzene rings is 2. The summed E-state index contributed by atoms with van der Waals surface area (Å²) in [5.41, 5.74) is 5.79. The topological polar surface area (TPSA) is 12.0 Å². The second kappa shape index (κ2) is 5.96. The molecule has 0 radical (unpaired) electrons. The first-order valence-corrected chi connectivity index (χ1v) is 6.98. The fourth-order valence-corrected chi connectivity index (χ4v) is 2.66. The zero-order valence-corrected chi connectivity index (χ0v) is 12.9. The Hall–Kier alpha value is -1.02. The first kappa shape index (κ1) is 14.4. The Bertz CT molecular complexity index is 606. The summed E-state index contributed by atoms with van der Waals surface area (Å²) in [4.78, 5) is 0. The summed E-state index contributed by atoms with van der Waals surface area (Å²) >= 11 is 12.5. The minimum atomic E-state index is 0.744. The van der Waals surface area contributed by atoms with Crippen LogP contribution in [0, 0.1) is 13.8 Å². The smallest absolute Gasteiger partial charge is 0.0487 e. The quantitative estimate of drug-likeness (QED) is 0.840. The fraction of sp³-hybridized carbons (Fsp3) is 0.250. The number of halogens is 2. The van der Waals surface area contributed by atoms with E-state index in [-0.39, 0.29) is 0 Å². The number of hydrogen-bond acceptors (Lipinski definition) is 1. The summed E-state index contributed by atoms with van der Waals surface area (Å²) in [6, 6.07) is 10.1. The van der Waals surface area contributed by atoms with Crippen molar-refractivity contribution in [2.45, 2.75) is 20.4 Å². The third-order valence-corrected chi connectivity index (χ3v) is 3.86. The third kappa shape index (κ3) is 3.11. The second-order valence-corrected chi connectivity index (χ2v) is 5.59. The Balaban J connectivity index is 2.61. The van der Waals surface area contributed by atoms with Crippen LogP contribution in [-0.4, -0.2) is 7.05 Å². The molecule has 0 saturated heterocycles. The lowest BCUT2D eigenvalue weighted by atomic mass is 9.96.